The van der Waals surface area contributed by atoms with Crippen LogP contribution in [0.25, 0.3) is 0 Å². The molecule has 0 spiro atoms. The van der Waals surface area contributed by atoms with Gasteiger partial charge in [0.2, 0.25) is 0 Å². The molecule has 0 aliphatic carbocycles. The van der Waals surface area contributed by atoms with Crippen molar-refractivity contribution < 1.29 is 19.4 Å². The molecule has 1 amide bonds. The maximum Gasteiger partial charge on any atom is 0.260 e. The van der Waals surface area contributed by atoms with Gasteiger partial charge in [-0.1, -0.05) is 6.07 Å². The Bertz CT molecular complexity index is 445. The van der Waals surface area contributed by atoms with Crippen molar-refractivity contribution in [1.82, 2.24) is 4.90 Å². The van der Waals surface area contributed by atoms with Crippen molar-refractivity contribution in [3.05, 3.63) is 23.8 Å². The van der Waals surface area contributed by atoms with Crippen molar-refractivity contribution in [3.8, 4) is 11.5 Å². The van der Waals surface area contributed by atoms with Crippen LogP contribution in [-0.4, -0.2) is 49.3 Å². The summed E-state index contributed by atoms with van der Waals surface area (Å²) >= 11 is 0. The fourth-order valence-corrected chi connectivity index (χ4v) is 1.65. The number of hydrogen-bond donors (Lipinski definition) is 1. The number of amides is 1. The van der Waals surface area contributed by atoms with Crippen LogP contribution in [0.2, 0.25) is 0 Å². The molecule has 1 aromatic rings. The highest BCUT2D eigenvalue weighted by atomic mass is 16.5. The first-order valence-corrected chi connectivity index (χ1v) is 6.63. The summed E-state index contributed by atoms with van der Waals surface area (Å²) in [7, 11) is 3.26. The molecule has 0 saturated heterocycles. The van der Waals surface area contributed by atoms with E-state index in [1.807, 2.05) is 19.1 Å². The van der Waals surface area contributed by atoms with Gasteiger partial charge in [0.1, 0.15) is 0 Å². The molecular weight excluding hydrogens is 258 g/mol. The number of aliphatic hydroxyl groups excluding tert-OH is 1. The van der Waals surface area contributed by atoms with Crippen molar-refractivity contribution in [2.24, 2.45) is 0 Å². The molecule has 0 aliphatic rings. The molecule has 0 heterocycles. The Kier molecular flexibility index (Phi) is 6.31. The number of carbonyl (C=O) groups excluding carboxylic acids is 1. The molecule has 5 heteroatoms. The lowest BCUT2D eigenvalue weighted by molar-refractivity contribution is -0.132. The number of methoxy groups -OCH3 is 1. The summed E-state index contributed by atoms with van der Waals surface area (Å²) < 4.78 is 10.7. The smallest absolute Gasteiger partial charge is 0.260 e. The first-order chi connectivity index (χ1) is 9.43. The third-order valence-corrected chi connectivity index (χ3v) is 2.98. The molecule has 1 atom stereocenters. The molecule has 1 rings (SSSR count). The molecule has 0 bridgehead atoms. The van der Waals surface area contributed by atoms with Crippen molar-refractivity contribution in [1.29, 1.82) is 0 Å². The Hall–Kier alpha value is -1.75. The first kappa shape index (κ1) is 16.3. The number of rotatable bonds is 7. The molecular formula is C15H23NO4. The Morgan fingerprint density at radius 2 is 2.10 bits per heavy atom. The van der Waals surface area contributed by atoms with Crippen LogP contribution in [0.4, 0.5) is 0 Å². The van der Waals surface area contributed by atoms with Crippen LogP contribution in [-0.2, 0) is 4.79 Å². The van der Waals surface area contributed by atoms with E-state index in [-0.39, 0.29) is 12.5 Å². The van der Waals surface area contributed by atoms with Gasteiger partial charge in [0.05, 0.1) is 13.2 Å². The monoisotopic (exact) mass is 281 g/mol. The van der Waals surface area contributed by atoms with Gasteiger partial charge in [-0.05, 0) is 38.0 Å². The highest BCUT2D eigenvalue weighted by molar-refractivity contribution is 5.77. The molecule has 0 radical (unpaired) electrons. The van der Waals surface area contributed by atoms with E-state index in [1.54, 1.807) is 32.0 Å². The minimum absolute atomic E-state index is 0.0459. The van der Waals surface area contributed by atoms with Crippen molar-refractivity contribution in [2.75, 3.05) is 27.3 Å². The predicted molar refractivity (Wildman–Crippen MR) is 77.2 cm³/mol. The van der Waals surface area contributed by atoms with Gasteiger partial charge in [-0.25, -0.2) is 0 Å². The van der Waals surface area contributed by atoms with Gasteiger partial charge in [-0.3, -0.25) is 4.79 Å². The summed E-state index contributed by atoms with van der Waals surface area (Å²) in [5.41, 5.74) is 1.06. The Morgan fingerprint density at radius 1 is 1.40 bits per heavy atom. The van der Waals surface area contributed by atoms with Gasteiger partial charge in [0, 0.05) is 13.6 Å². The molecule has 1 N–H and O–H groups in total. The van der Waals surface area contributed by atoms with Crippen LogP contribution < -0.4 is 9.47 Å². The predicted octanol–water partition coefficient (Wildman–Crippen LogP) is 1.61. The average Bonchev–Trinajstić information content (AvgIpc) is 2.42. The minimum atomic E-state index is -0.414. The zero-order chi connectivity index (χ0) is 15.1. The van der Waals surface area contributed by atoms with Gasteiger partial charge < -0.3 is 19.5 Å². The van der Waals surface area contributed by atoms with Crippen LogP contribution >= 0.6 is 0 Å². The molecule has 0 fully saturated rings. The summed E-state index contributed by atoms with van der Waals surface area (Å²) in [5, 5.41) is 9.20. The van der Waals surface area contributed by atoms with Gasteiger partial charge in [0.15, 0.2) is 18.1 Å². The standard InChI is InChI=1S/C15H23NO4/c1-11-5-6-13(14(9-11)19-4)20-10-15(18)16(3)8-7-12(2)17/h5-6,9,12,17H,7-8,10H2,1-4H3. The summed E-state index contributed by atoms with van der Waals surface area (Å²) in [6.45, 7) is 4.12. The molecule has 20 heavy (non-hydrogen) atoms. The van der Waals surface area contributed by atoms with E-state index in [2.05, 4.69) is 0 Å². The normalized spacial score (nSPS) is 11.8. The Labute approximate surface area is 120 Å². The van der Waals surface area contributed by atoms with E-state index < -0.39 is 6.10 Å². The van der Waals surface area contributed by atoms with Crippen molar-refractivity contribution in [2.45, 2.75) is 26.4 Å². The molecule has 5 nitrogen and oxygen atoms in total. The first-order valence-electron chi connectivity index (χ1n) is 6.63. The second kappa shape index (κ2) is 7.75. The highest BCUT2D eigenvalue weighted by Crippen LogP contribution is 2.27. The Morgan fingerprint density at radius 3 is 2.70 bits per heavy atom. The van der Waals surface area contributed by atoms with Gasteiger partial charge in [-0.2, -0.15) is 0 Å². The lowest BCUT2D eigenvalue weighted by Crippen LogP contribution is -2.33. The third kappa shape index (κ3) is 5.09. The zero-order valence-corrected chi connectivity index (χ0v) is 12.5. The molecule has 1 aromatic carbocycles. The number of likely N-dealkylation sites (N-methyl/N-ethyl adjacent to an activating group) is 1. The topological polar surface area (TPSA) is 59.0 Å². The van der Waals surface area contributed by atoms with E-state index in [0.717, 1.165) is 5.56 Å². The SMILES string of the molecule is COc1cc(C)ccc1OCC(=O)N(C)CCC(C)O. The molecule has 0 saturated carbocycles. The van der Waals surface area contributed by atoms with Crippen LogP contribution in [0.3, 0.4) is 0 Å². The van der Waals surface area contributed by atoms with Crippen molar-refractivity contribution in [3.63, 3.8) is 0 Å². The maximum atomic E-state index is 11.9. The minimum Gasteiger partial charge on any atom is -0.493 e. The van der Waals surface area contributed by atoms with Crippen LogP contribution in [0.1, 0.15) is 18.9 Å². The van der Waals surface area contributed by atoms with Crippen LogP contribution in [0.5, 0.6) is 11.5 Å². The van der Waals surface area contributed by atoms with Gasteiger partial charge >= 0.3 is 0 Å². The summed E-state index contributed by atoms with van der Waals surface area (Å²) in [6.07, 6.45) is 0.138. The third-order valence-electron chi connectivity index (χ3n) is 2.98. The quantitative estimate of drug-likeness (QED) is 0.825. The average molecular weight is 281 g/mol. The van der Waals surface area contributed by atoms with E-state index in [4.69, 9.17) is 9.47 Å². The largest absolute Gasteiger partial charge is 0.493 e. The van der Waals surface area contributed by atoms with E-state index in [1.165, 1.54) is 0 Å². The van der Waals surface area contributed by atoms with E-state index in [9.17, 15) is 9.90 Å². The summed E-state index contributed by atoms with van der Waals surface area (Å²) in [6, 6.07) is 5.55. The van der Waals surface area contributed by atoms with Gasteiger partial charge in [-0.15, -0.1) is 0 Å². The number of aliphatic hydroxyl groups is 1. The summed E-state index contributed by atoms with van der Waals surface area (Å²) in [4.78, 5) is 13.4. The molecule has 1 unspecified atom stereocenters. The summed E-state index contributed by atoms with van der Waals surface area (Å²) in [5.74, 6) is 1.04. The number of benzene rings is 1. The second-order valence-corrected chi connectivity index (χ2v) is 4.90. The fourth-order valence-electron chi connectivity index (χ4n) is 1.65. The zero-order valence-electron chi connectivity index (χ0n) is 12.5. The number of hydrogen-bond acceptors (Lipinski definition) is 4. The van der Waals surface area contributed by atoms with E-state index in [0.29, 0.717) is 24.5 Å². The molecule has 0 aliphatic heterocycles. The number of carbonyl (C=O) groups is 1. The fraction of sp³-hybridized carbons (Fsp3) is 0.533. The maximum absolute atomic E-state index is 11.9. The van der Waals surface area contributed by atoms with Crippen LogP contribution in [0, 0.1) is 6.92 Å². The van der Waals surface area contributed by atoms with Crippen LogP contribution in [0.15, 0.2) is 18.2 Å². The lowest BCUT2D eigenvalue weighted by Gasteiger charge is -2.18. The number of aryl methyl sites for hydroxylation is 1. The molecule has 112 valence electrons. The number of ether oxygens (including phenoxy) is 2. The Balaban J connectivity index is 2.52. The van der Waals surface area contributed by atoms with E-state index >= 15 is 0 Å². The molecule has 0 aromatic heterocycles. The second-order valence-electron chi connectivity index (χ2n) is 4.90. The number of nitrogens with zero attached hydrogens (tertiary/aromatic N) is 1. The van der Waals surface area contributed by atoms with Crippen molar-refractivity contribution >= 4 is 5.91 Å². The van der Waals surface area contributed by atoms with Gasteiger partial charge in [0.25, 0.3) is 5.91 Å². The highest BCUT2D eigenvalue weighted by Gasteiger charge is 2.12. The lowest BCUT2D eigenvalue weighted by atomic mass is 10.2.